The number of hydrogen-bond donors (Lipinski definition) is 11. The third kappa shape index (κ3) is 45.8. The normalized spacial score (nSPS) is 15.1. The van der Waals surface area contributed by atoms with Crippen molar-refractivity contribution in [1.29, 1.82) is 0 Å². The maximum absolute atomic E-state index is 13.3. The quantitative estimate of drug-likeness (QED) is 0.0194. The number of amides is 6. The minimum Gasteiger partial charge on any atom is -0.481 e. The molecular formula is C97H158F6Fm2N10O15. The molecule has 3 fully saturated rings. The number of likely N-dealkylation sites (tertiary alicyclic amines) is 2. The van der Waals surface area contributed by atoms with Gasteiger partial charge in [0.05, 0.1) is 34.8 Å². The second kappa shape index (κ2) is 67.0. The van der Waals surface area contributed by atoms with Crippen LogP contribution in [0.4, 0.5) is 31.1 Å². The van der Waals surface area contributed by atoms with Gasteiger partial charge in [0.1, 0.15) is 18.2 Å². The van der Waals surface area contributed by atoms with Gasteiger partial charge in [0, 0.05) is 135 Å². The van der Waals surface area contributed by atoms with E-state index in [0.29, 0.717) is 139 Å². The molecule has 4 aliphatic rings. The van der Waals surface area contributed by atoms with Crippen LogP contribution in [-0.2, 0) is 78.1 Å². The number of alkyl carbamates (subject to hydrolysis) is 1. The first-order valence-corrected chi connectivity index (χ1v) is 44.1. The molecule has 6 amide bonds. The van der Waals surface area contributed by atoms with Crippen molar-refractivity contribution in [1.82, 2.24) is 36.4 Å². The second-order valence-corrected chi connectivity index (χ2v) is 33.5. The van der Waals surface area contributed by atoms with Gasteiger partial charge >= 0.3 is 36.4 Å². The van der Waals surface area contributed by atoms with Crippen LogP contribution in [0.2, 0.25) is 0 Å². The molecule has 14 N–H and O–H groups in total. The zero-order valence-electron chi connectivity index (χ0n) is 77.1. The molecule has 1 aliphatic carbocycles. The number of nitrogens with two attached hydrogens (primary N) is 3. The Morgan fingerprint density at radius 1 is 0.477 bits per heavy atom. The summed E-state index contributed by atoms with van der Waals surface area (Å²) in [7, 11) is 6.25. The average Bonchev–Trinajstić information content (AvgIpc) is 1.61. The topological polar surface area (TPSA) is 402 Å². The number of Topliss-reactive ketones (excluding diaryl/α,β-unsaturated/α-hetero) is 2. The summed E-state index contributed by atoms with van der Waals surface area (Å²) in [5.74, 6) is -5.48. The number of aliphatic carboxylic acids is 3. The number of alkyl halides is 6. The summed E-state index contributed by atoms with van der Waals surface area (Å²) in [6.45, 7) is 28.6. The Labute approximate surface area is 759 Å². The minimum absolute atomic E-state index is 0. The van der Waals surface area contributed by atoms with E-state index in [2.05, 4.69) is 70.4 Å². The molecule has 0 saturated carbocycles. The predicted octanol–water partition coefficient (Wildman–Crippen LogP) is 17.2. The molecule has 33 heteroatoms. The standard InChI is InChI=1S/C24H36F3N3O2.C17H30N2O3.C16H15NO2.C12H23NO3.C11H20O4.C8H8F3N.C5H9NO.CH5N.3CH4.2Fm/c1-4-6-20(22(28)31)21(13-16(2)3)23(32)30-11-9-19(10-12-30)29-15-17-7-5-8-18(14-17)24(25,26)27;1-5-6-14(16(21)18-4)15(11-12(2)3)17(22)19-9-7-13(20)8-10-19;1-17-16(18)19-10-15-13-8-4-2-6-11(13)12-7-3-5-9-14(12)15;1-5-6-9(11(14)13-4)10(12(15)16)7-8(2)3;1-4-5-8(10(12)13)9(11(14)15)6-7(2)3;9-8(10,11)7-3-1-2-6(4-7)5-12;7-5-1-3-6-4-2-5;1-2;;;;;/h5,7-8,14,16,19-21,29H,4,6,9-13,15H2,1-3H3,(H2,28,31);12,14-15H,5-11H2,1-4H3,(H,18,21);2-9,15H,10H2,1H3,(H,17,18);8-10H,5-7H2,1-4H3,(H,13,14)(H,15,16);7-9H,4-6H2,1-3H3,(H,12,13)(H,14,15);1-4H,5,12H2;6H,1-4H2;2H2,1H3;3*1H4;;/t20-,21+;14-,15+;;9-,10+;8-,9+;;;;;;;;/m00.00......../s1. The third-order valence-corrected chi connectivity index (χ3v) is 21.8. The number of carbonyl (C=O) groups is 11. The number of ether oxygens (including phenoxy) is 1. The van der Waals surface area contributed by atoms with Crippen LogP contribution in [0.3, 0.4) is 0 Å². The zero-order valence-corrected chi connectivity index (χ0v) is 81.9. The molecule has 0 unspecified atom stereocenters. The van der Waals surface area contributed by atoms with E-state index in [1.807, 2.05) is 98.4 Å². The largest absolute Gasteiger partial charge is 0.481 e. The maximum Gasteiger partial charge on any atom is 0.416 e. The van der Waals surface area contributed by atoms with E-state index in [-0.39, 0.29) is 106 Å². The molecule has 4 aromatic carbocycles. The van der Waals surface area contributed by atoms with Gasteiger partial charge in [0.2, 0.25) is 29.5 Å². The summed E-state index contributed by atoms with van der Waals surface area (Å²) in [4.78, 5) is 132. The van der Waals surface area contributed by atoms with Gasteiger partial charge in [-0.25, -0.2) is 4.79 Å². The SMILES string of the molecule is C.C.C.CCC[C@H](C(=O)NC)[C@@H](CC(C)C)C(=O)N1CCC(=O)CC1.CCC[C@H](C(=O)NC)[C@@H](CC(C)C)C(=O)O.CCC[C@H](C(=O)O)[C@@H](CC(C)C)C(=O)O.CCC[C@H](C(N)=O)[C@@H](CC(C)C)C(=O)N1CCC(NCc2cccc(C(F)(F)F)c2)CC1.CN.CNC(=O)OCC1c2ccccc2-c2ccccc21.NCc1cccc(C(F)(F)F)c1.O=C1CCNCC1.[Fm].[Fm]. The van der Waals surface area contributed by atoms with Gasteiger partial charge < -0.3 is 73.6 Å². The number of carboxylic acid groups (broad SMARTS) is 3. The fourth-order valence-corrected chi connectivity index (χ4v) is 15.6. The molecule has 8 rings (SSSR count). The van der Waals surface area contributed by atoms with Crippen LogP contribution in [0, 0.1) is 71.0 Å². The van der Waals surface area contributed by atoms with E-state index in [1.54, 1.807) is 38.2 Å². The molecule has 4 aromatic rings. The van der Waals surface area contributed by atoms with Crippen molar-refractivity contribution in [2.24, 2.45) is 88.2 Å². The predicted molar refractivity (Wildman–Crippen MR) is 495 cm³/mol. The van der Waals surface area contributed by atoms with Crippen molar-refractivity contribution < 1.29 is 99.1 Å². The summed E-state index contributed by atoms with van der Waals surface area (Å²) in [6, 6.07) is 27.0. The minimum atomic E-state index is -4.35. The van der Waals surface area contributed by atoms with Crippen LogP contribution in [0.5, 0.6) is 0 Å². The van der Waals surface area contributed by atoms with E-state index in [0.717, 1.165) is 69.8 Å². The molecule has 8 atom stereocenters. The third-order valence-electron chi connectivity index (χ3n) is 21.8. The Balaban J connectivity index is -0.000000479. The monoisotopic (exact) mass is 2330 g/mol. The van der Waals surface area contributed by atoms with Crippen molar-refractivity contribution in [3.8, 4) is 11.1 Å². The summed E-state index contributed by atoms with van der Waals surface area (Å²) >= 11 is 0. The smallest absolute Gasteiger partial charge is 0.416 e. The molecule has 752 valence electrons. The van der Waals surface area contributed by atoms with Crippen LogP contribution in [-0.4, -0.2) is 170 Å². The van der Waals surface area contributed by atoms with Gasteiger partial charge in [-0.05, 0) is 140 Å². The van der Waals surface area contributed by atoms with E-state index in [9.17, 15) is 84.2 Å². The number of piperidine rings is 3. The van der Waals surface area contributed by atoms with Crippen molar-refractivity contribution >= 4 is 65.1 Å². The molecule has 0 spiro atoms. The molecule has 0 bridgehead atoms. The molecule has 0 radical (unpaired) electrons. The Hall–Kier alpha value is -11.3. The number of hydrogen-bond acceptors (Lipinski definition) is 16. The zero-order chi connectivity index (χ0) is 94.9. The Morgan fingerprint density at radius 2 is 0.823 bits per heavy atom. The molecule has 25 nitrogen and oxygen atoms in total. The molecule has 3 saturated heterocycles. The number of ketones is 2. The van der Waals surface area contributed by atoms with Crippen LogP contribution >= 0.6 is 0 Å². The van der Waals surface area contributed by atoms with Crippen molar-refractivity contribution in [2.75, 3.05) is 74.1 Å². The number of nitrogens with one attached hydrogen (secondary N) is 5. The number of halogens is 6. The van der Waals surface area contributed by atoms with Gasteiger partial charge in [0.15, 0.2) is 0 Å². The van der Waals surface area contributed by atoms with Crippen molar-refractivity contribution in [3.05, 3.63) is 130 Å². The maximum atomic E-state index is 13.3. The fraction of sp³-hybridized carbons (Fsp3) is 0.639. The number of primary amides is 1. The Bertz CT molecular complexity index is 3860. The first-order valence-electron chi connectivity index (χ1n) is 44.1. The van der Waals surface area contributed by atoms with Gasteiger partial charge in [-0.15, -0.1) is 0 Å². The number of fused-ring (bicyclic) bond motifs is 3. The summed E-state index contributed by atoms with van der Waals surface area (Å²) < 4.78 is 80.1. The summed E-state index contributed by atoms with van der Waals surface area (Å²) in [5, 5.41) is 41.3. The van der Waals surface area contributed by atoms with Crippen molar-refractivity contribution in [2.45, 2.75) is 258 Å². The van der Waals surface area contributed by atoms with Gasteiger partial charge in [-0.2, -0.15) is 26.3 Å². The number of nitrogens with zero attached hydrogens (tertiary/aromatic N) is 2. The fourth-order valence-electron chi connectivity index (χ4n) is 15.6. The Morgan fingerprint density at radius 3 is 1.18 bits per heavy atom. The molecular weight excluding hydrogens is 2170 g/mol. The number of carbonyl (C=O) groups excluding carboxylic acids is 8. The second-order valence-electron chi connectivity index (χ2n) is 33.5. The molecule has 3 aliphatic heterocycles. The first kappa shape index (κ1) is 127. The van der Waals surface area contributed by atoms with E-state index >= 15 is 0 Å². The molecule has 3 heterocycles. The van der Waals surface area contributed by atoms with Gasteiger partial charge in [-0.3, -0.25) is 47.9 Å². The Kier molecular flexibility index (Phi) is 65.5. The van der Waals surface area contributed by atoms with E-state index in [1.165, 1.54) is 47.5 Å². The first-order chi connectivity index (χ1) is 59.0. The van der Waals surface area contributed by atoms with E-state index < -0.39 is 82.8 Å². The van der Waals surface area contributed by atoms with Gasteiger partial charge in [-0.1, -0.05) is 216 Å². The van der Waals surface area contributed by atoms with Crippen LogP contribution in [0.1, 0.15) is 260 Å². The van der Waals surface area contributed by atoms with Crippen LogP contribution in [0.25, 0.3) is 11.1 Å². The number of benzene rings is 4. The molecule has 0 aromatic heterocycles. The van der Waals surface area contributed by atoms with Gasteiger partial charge in [0.25, 0.3) is 0 Å². The summed E-state index contributed by atoms with van der Waals surface area (Å²) in [6.07, 6.45) is 2.64. The average molecular weight is 2330 g/mol. The number of carboxylic acids is 3. The summed E-state index contributed by atoms with van der Waals surface area (Å²) in [5.41, 5.74) is 20.0. The van der Waals surface area contributed by atoms with Crippen LogP contribution in [0.15, 0.2) is 97.1 Å². The van der Waals surface area contributed by atoms with Crippen molar-refractivity contribution in [3.63, 3.8) is 0 Å². The van der Waals surface area contributed by atoms with Crippen LogP contribution < -0.4 is 43.8 Å². The number of rotatable bonds is 34. The molecule has 130 heavy (non-hydrogen) atoms. The van der Waals surface area contributed by atoms with E-state index in [4.69, 9.17) is 26.4 Å².